The SMILES string of the molecule is Cc1nc(N)nc(NC2CCC(OCCO)CC2)c1C=CC(=O)O. The van der Waals surface area contributed by atoms with Crippen LogP contribution in [0.1, 0.15) is 36.9 Å². The second-order valence-corrected chi connectivity index (χ2v) is 5.81. The van der Waals surface area contributed by atoms with Crippen LogP contribution in [0.15, 0.2) is 6.08 Å². The van der Waals surface area contributed by atoms with Crippen LogP contribution in [-0.4, -0.2) is 51.5 Å². The summed E-state index contributed by atoms with van der Waals surface area (Å²) < 4.78 is 5.56. The summed E-state index contributed by atoms with van der Waals surface area (Å²) in [4.78, 5) is 19.1. The Bertz CT molecular complexity index is 598. The second kappa shape index (κ2) is 8.60. The van der Waals surface area contributed by atoms with Gasteiger partial charge in [0.2, 0.25) is 5.95 Å². The minimum absolute atomic E-state index is 0.0386. The number of aliphatic carboxylic acids is 1. The molecule has 0 unspecified atom stereocenters. The molecule has 132 valence electrons. The Kier molecular flexibility index (Phi) is 6.51. The van der Waals surface area contributed by atoms with Crippen molar-refractivity contribution >= 4 is 23.8 Å². The molecule has 1 fully saturated rings. The van der Waals surface area contributed by atoms with Gasteiger partial charge in [-0.15, -0.1) is 0 Å². The summed E-state index contributed by atoms with van der Waals surface area (Å²) >= 11 is 0. The maximum Gasteiger partial charge on any atom is 0.328 e. The molecular weight excluding hydrogens is 312 g/mol. The fourth-order valence-corrected chi connectivity index (χ4v) is 2.85. The molecule has 1 aromatic heterocycles. The number of nitrogens with two attached hydrogens (primary N) is 1. The number of anilines is 2. The summed E-state index contributed by atoms with van der Waals surface area (Å²) in [6, 6.07) is 0.213. The molecule has 0 atom stereocenters. The highest BCUT2D eigenvalue weighted by Gasteiger charge is 2.22. The number of aryl methyl sites for hydroxylation is 1. The van der Waals surface area contributed by atoms with Crippen molar-refractivity contribution in [2.24, 2.45) is 0 Å². The van der Waals surface area contributed by atoms with Crippen molar-refractivity contribution in [3.8, 4) is 0 Å². The molecule has 0 aliphatic heterocycles. The lowest BCUT2D eigenvalue weighted by Gasteiger charge is -2.29. The average Bonchev–Trinajstić information content (AvgIpc) is 2.53. The summed E-state index contributed by atoms with van der Waals surface area (Å²) in [5.41, 5.74) is 6.98. The van der Waals surface area contributed by atoms with Crippen molar-refractivity contribution in [3.63, 3.8) is 0 Å². The standard InChI is InChI=1S/C16H24N4O4/c1-10-13(6-7-14(22)23)15(20-16(17)18-10)19-11-2-4-12(5-3-11)24-9-8-21/h6-7,11-12,21H,2-5,8-9H2,1H3,(H,22,23)(H3,17,18,19,20). The highest BCUT2D eigenvalue weighted by atomic mass is 16.5. The molecule has 2 rings (SSSR count). The first kappa shape index (κ1) is 18.2. The Labute approximate surface area is 140 Å². The van der Waals surface area contributed by atoms with Crippen molar-refractivity contribution in [1.29, 1.82) is 0 Å². The van der Waals surface area contributed by atoms with E-state index in [2.05, 4.69) is 15.3 Å². The van der Waals surface area contributed by atoms with Gasteiger partial charge in [-0.2, -0.15) is 4.98 Å². The molecule has 1 aromatic rings. The second-order valence-electron chi connectivity index (χ2n) is 5.81. The monoisotopic (exact) mass is 336 g/mol. The molecule has 0 amide bonds. The van der Waals surface area contributed by atoms with E-state index in [0.29, 0.717) is 23.7 Å². The van der Waals surface area contributed by atoms with Gasteiger partial charge in [0.15, 0.2) is 0 Å². The number of nitrogens with one attached hydrogen (secondary N) is 1. The van der Waals surface area contributed by atoms with Gasteiger partial charge < -0.3 is 26.0 Å². The minimum atomic E-state index is -1.03. The van der Waals surface area contributed by atoms with Gasteiger partial charge in [-0.05, 0) is 38.7 Å². The van der Waals surface area contributed by atoms with E-state index in [1.54, 1.807) is 6.92 Å². The van der Waals surface area contributed by atoms with E-state index in [-0.39, 0.29) is 24.7 Å². The number of ether oxygens (including phenoxy) is 1. The molecule has 5 N–H and O–H groups in total. The van der Waals surface area contributed by atoms with E-state index in [1.165, 1.54) is 6.08 Å². The van der Waals surface area contributed by atoms with E-state index in [1.807, 2.05) is 0 Å². The number of rotatable bonds is 7. The summed E-state index contributed by atoms with van der Waals surface area (Å²) in [6.07, 6.45) is 6.33. The number of carboxylic acid groups (broad SMARTS) is 1. The molecule has 8 nitrogen and oxygen atoms in total. The van der Waals surface area contributed by atoms with Gasteiger partial charge in [0.05, 0.1) is 25.0 Å². The van der Waals surface area contributed by atoms with Crippen molar-refractivity contribution < 1.29 is 19.7 Å². The molecule has 1 saturated carbocycles. The van der Waals surface area contributed by atoms with Crippen molar-refractivity contribution in [2.75, 3.05) is 24.3 Å². The van der Waals surface area contributed by atoms with E-state index in [9.17, 15) is 4.79 Å². The van der Waals surface area contributed by atoms with E-state index in [0.717, 1.165) is 31.8 Å². The van der Waals surface area contributed by atoms with E-state index < -0.39 is 5.97 Å². The molecule has 8 heteroatoms. The van der Waals surface area contributed by atoms with Crippen LogP contribution in [0.2, 0.25) is 0 Å². The predicted octanol–water partition coefficient (Wildman–Crippen LogP) is 1.20. The van der Waals surface area contributed by atoms with Gasteiger partial charge in [0.25, 0.3) is 0 Å². The van der Waals surface area contributed by atoms with Crippen LogP contribution in [0, 0.1) is 6.92 Å². The van der Waals surface area contributed by atoms with Crippen LogP contribution in [0.3, 0.4) is 0 Å². The van der Waals surface area contributed by atoms with Gasteiger partial charge in [-0.25, -0.2) is 9.78 Å². The normalized spacial score (nSPS) is 21.1. The summed E-state index contributed by atoms with van der Waals surface area (Å²) in [7, 11) is 0. The molecule has 1 heterocycles. The van der Waals surface area contributed by atoms with Crippen molar-refractivity contribution in [2.45, 2.75) is 44.8 Å². The Balaban J connectivity index is 2.05. The molecule has 0 spiro atoms. The topological polar surface area (TPSA) is 131 Å². The number of nitrogens with zero attached hydrogens (tertiary/aromatic N) is 2. The zero-order valence-corrected chi connectivity index (χ0v) is 13.7. The van der Waals surface area contributed by atoms with Gasteiger partial charge in [0.1, 0.15) is 5.82 Å². The molecular formula is C16H24N4O4. The lowest BCUT2D eigenvalue weighted by Crippen LogP contribution is -2.31. The maximum absolute atomic E-state index is 10.8. The van der Waals surface area contributed by atoms with Gasteiger partial charge in [-0.3, -0.25) is 0 Å². The lowest BCUT2D eigenvalue weighted by atomic mass is 9.93. The minimum Gasteiger partial charge on any atom is -0.478 e. The first-order chi connectivity index (χ1) is 11.5. The number of hydrogen-bond donors (Lipinski definition) is 4. The van der Waals surface area contributed by atoms with Crippen LogP contribution in [-0.2, 0) is 9.53 Å². The number of aliphatic hydroxyl groups is 1. The number of aromatic nitrogens is 2. The number of nitrogen functional groups attached to an aromatic ring is 1. The van der Waals surface area contributed by atoms with Crippen molar-refractivity contribution in [3.05, 3.63) is 17.3 Å². The molecule has 0 radical (unpaired) electrons. The largest absolute Gasteiger partial charge is 0.478 e. The van der Waals surface area contributed by atoms with Crippen molar-refractivity contribution in [1.82, 2.24) is 9.97 Å². The fraction of sp³-hybridized carbons (Fsp3) is 0.562. The zero-order valence-electron chi connectivity index (χ0n) is 13.7. The summed E-state index contributed by atoms with van der Waals surface area (Å²) in [5.74, 6) is -0.321. The molecule has 0 saturated heterocycles. The summed E-state index contributed by atoms with van der Waals surface area (Å²) in [6.45, 7) is 2.18. The smallest absolute Gasteiger partial charge is 0.328 e. The Morgan fingerprint density at radius 3 is 2.71 bits per heavy atom. The highest BCUT2D eigenvalue weighted by molar-refractivity contribution is 5.87. The number of aliphatic hydroxyl groups excluding tert-OH is 1. The number of hydrogen-bond acceptors (Lipinski definition) is 7. The van der Waals surface area contributed by atoms with Crippen LogP contribution in [0.5, 0.6) is 0 Å². The Morgan fingerprint density at radius 2 is 2.08 bits per heavy atom. The quantitative estimate of drug-likeness (QED) is 0.546. The third kappa shape index (κ3) is 5.17. The number of carboxylic acids is 1. The number of carbonyl (C=O) groups is 1. The molecule has 1 aliphatic rings. The highest BCUT2D eigenvalue weighted by Crippen LogP contribution is 2.26. The molecule has 0 aromatic carbocycles. The third-order valence-electron chi connectivity index (χ3n) is 4.01. The van der Waals surface area contributed by atoms with Crippen LogP contribution in [0.25, 0.3) is 6.08 Å². The van der Waals surface area contributed by atoms with Crippen LogP contribution >= 0.6 is 0 Å². The fourth-order valence-electron chi connectivity index (χ4n) is 2.85. The van der Waals surface area contributed by atoms with Crippen LogP contribution in [0.4, 0.5) is 11.8 Å². The van der Waals surface area contributed by atoms with E-state index in [4.69, 9.17) is 20.7 Å². The molecule has 0 bridgehead atoms. The third-order valence-corrected chi connectivity index (χ3v) is 4.01. The lowest BCUT2D eigenvalue weighted by molar-refractivity contribution is -0.131. The Hall–Kier alpha value is -2.19. The molecule has 24 heavy (non-hydrogen) atoms. The van der Waals surface area contributed by atoms with Gasteiger partial charge >= 0.3 is 5.97 Å². The van der Waals surface area contributed by atoms with Gasteiger partial charge in [-0.1, -0.05) is 0 Å². The first-order valence-electron chi connectivity index (χ1n) is 8.03. The van der Waals surface area contributed by atoms with E-state index >= 15 is 0 Å². The van der Waals surface area contributed by atoms with Gasteiger partial charge in [0, 0.05) is 17.7 Å². The summed E-state index contributed by atoms with van der Waals surface area (Å²) in [5, 5.41) is 21.0. The van der Waals surface area contributed by atoms with Crippen LogP contribution < -0.4 is 11.1 Å². The first-order valence-corrected chi connectivity index (χ1v) is 8.03. The average molecular weight is 336 g/mol. The maximum atomic E-state index is 10.8. The predicted molar refractivity (Wildman–Crippen MR) is 90.6 cm³/mol. The Morgan fingerprint density at radius 1 is 1.38 bits per heavy atom. The molecule has 1 aliphatic carbocycles. The zero-order chi connectivity index (χ0) is 17.5.